The van der Waals surface area contributed by atoms with Crippen LogP contribution in [0.4, 0.5) is 4.79 Å². The smallest absolute Gasteiger partial charge is 0.323 e. The third-order valence-electron chi connectivity index (χ3n) is 1.96. The highest BCUT2D eigenvalue weighted by atomic mass is 16.4. The molecule has 0 bridgehead atoms. The summed E-state index contributed by atoms with van der Waals surface area (Å²) in [7, 11) is 0. The molecule has 0 saturated carbocycles. The zero-order valence-electron chi connectivity index (χ0n) is 9.34. The van der Waals surface area contributed by atoms with E-state index in [4.69, 9.17) is 10.2 Å². The van der Waals surface area contributed by atoms with Crippen LogP contribution >= 0.6 is 0 Å². The fourth-order valence-corrected chi connectivity index (χ4v) is 1.21. The van der Waals surface area contributed by atoms with Gasteiger partial charge in [0, 0.05) is 13.1 Å². The van der Waals surface area contributed by atoms with E-state index in [1.165, 1.54) is 4.90 Å². The first-order chi connectivity index (χ1) is 7.42. The Morgan fingerprint density at radius 1 is 0.875 bits per heavy atom. The molecule has 7 heteroatoms. The number of aliphatic carboxylic acids is 2. The van der Waals surface area contributed by atoms with Gasteiger partial charge >= 0.3 is 18.0 Å². The van der Waals surface area contributed by atoms with Gasteiger partial charge in [0.15, 0.2) is 0 Å². The molecule has 0 atom stereocenters. The molecule has 2 N–H and O–H groups in total. The van der Waals surface area contributed by atoms with E-state index in [0.717, 1.165) is 4.90 Å². The van der Waals surface area contributed by atoms with Crippen molar-refractivity contribution in [2.75, 3.05) is 26.2 Å². The van der Waals surface area contributed by atoms with Crippen molar-refractivity contribution in [1.29, 1.82) is 0 Å². The molecule has 0 aromatic heterocycles. The molecule has 0 unspecified atom stereocenters. The summed E-state index contributed by atoms with van der Waals surface area (Å²) in [4.78, 5) is 34.8. The van der Waals surface area contributed by atoms with E-state index in [1.807, 2.05) is 0 Å². The summed E-state index contributed by atoms with van der Waals surface area (Å²) in [6, 6.07) is -0.574. The molecule has 0 aromatic carbocycles. The zero-order chi connectivity index (χ0) is 12.7. The average Bonchev–Trinajstić information content (AvgIpc) is 2.17. The van der Waals surface area contributed by atoms with Gasteiger partial charge in [0.25, 0.3) is 0 Å². The molecule has 0 aliphatic heterocycles. The van der Waals surface area contributed by atoms with Gasteiger partial charge in [-0.2, -0.15) is 0 Å². The van der Waals surface area contributed by atoms with Crippen molar-refractivity contribution in [3.63, 3.8) is 0 Å². The highest BCUT2D eigenvalue weighted by Gasteiger charge is 2.22. The van der Waals surface area contributed by atoms with E-state index in [2.05, 4.69) is 0 Å². The molecule has 0 aromatic rings. The SMILES string of the molecule is CCN(CC)C(=O)N(CC(=O)O)CC(=O)O. The molecular weight excluding hydrogens is 216 g/mol. The maximum absolute atomic E-state index is 11.7. The minimum Gasteiger partial charge on any atom is -0.480 e. The molecule has 0 aliphatic carbocycles. The molecule has 0 fully saturated rings. The fraction of sp³-hybridized carbons (Fsp3) is 0.667. The van der Waals surface area contributed by atoms with Gasteiger partial charge in [-0.05, 0) is 13.8 Å². The lowest BCUT2D eigenvalue weighted by Crippen LogP contribution is -2.47. The van der Waals surface area contributed by atoms with E-state index < -0.39 is 31.1 Å². The average molecular weight is 232 g/mol. The lowest BCUT2D eigenvalue weighted by atomic mass is 10.4. The van der Waals surface area contributed by atoms with Gasteiger partial charge in [-0.15, -0.1) is 0 Å². The normalized spacial score (nSPS) is 9.62. The number of urea groups is 1. The number of hydrogen-bond acceptors (Lipinski definition) is 3. The Morgan fingerprint density at radius 2 is 1.25 bits per heavy atom. The van der Waals surface area contributed by atoms with Crippen LogP contribution in [0.15, 0.2) is 0 Å². The Kier molecular flexibility index (Phi) is 5.91. The molecule has 16 heavy (non-hydrogen) atoms. The first-order valence-corrected chi connectivity index (χ1v) is 4.89. The largest absolute Gasteiger partial charge is 0.480 e. The molecule has 7 nitrogen and oxygen atoms in total. The summed E-state index contributed by atoms with van der Waals surface area (Å²) in [5.41, 5.74) is 0. The van der Waals surface area contributed by atoms with Crippen molar-refractivity contribution in [1.82, 2.24) is 9.80 Å². The molecule has 0 aliphatic rings. The molecule has 0 radical (unpaired) electrons. The summed E-state index contributed by atoms with van der Waals surface area (Å²) in [5, 5.41) is 17.1. The summed E-state index contributed by atoms with van der Waals surface area (Å²) >= 11 is 0. The van der Waals surface area contributed by atoms with Crippen molar-refractivity contribution in [2.45, 2.75) is 13.8 Å². The Balaban J connectivity index is 4.66. The van der Waals surface area contributed by atoms with E-state index in [-0.39, 0.29) is 0 Å². The Bertz CT molecular complexity index is 259. The number of nitrogens with zero attached hydrogens (tertiary/aromatic N) is 2. The lowest BCUT2D eigenvalue weighted by Gasteiger charge is -2.26. The zero-order valence-corrected chi connectivity index (χ0v) is 9.34. The van der Waals surface area contributed by atoms with E-state index >= 15 is 0 Å². The summed E-state index contributed by atoms with van der Waals surface area (Å²) in [5.74, 6) is -2.47. The topological polar surface area (TPSA) is 98.2 Å². The highest BCUT2D eigenvalue weighted by Crippen LogP contribution is 1.99. The summed E-state index contributed by atoms with van der Waals surface area (Å²) in [6.45, 7) is 3.07. The van der Waals surface area contributed by atoms with Gasteiger partial charge in [0.2, 0.25) is 0 Å². The predicted molar refractivity (Wildman–Crippen MR) is 55.2 cm³/mol. The van der Waals surface area contributed by atoms with E-state index in [0.29, 0.717) is 13.1 Å². The second-order valence-corrected chi connectivity index (χ2v) is 3.10. The molecule has 0 heterocycles. The third kappa shape index (κ3) is 4.63. The molecule has 0 spiro atoms. The Morgan fingerprint density at radius 3 is 1.50 bits per heavy atom. The van der Waals surface area contributed by atoms with Crippen LogP contribution in [-0.2, 0) is 9.59 Å². The minimum absolute atomic E-state index is 0.408. The maximum atomic E-state index is 11.7. The molecule has 0 rings (SSSR count). The number of hydrogen-bond donors (Lipinski definition) is 2. The van der Waals surface area contributed by atoms with Gasteiger partial charge in [-0.25, -0.2) is 4.79 Å². The third-order valence-corrected chi connectivity index (χ3v) is 1.96. The molecule has 2 amide bonds. The number of carboxylic acids is 2. The van der Waals surface area contributed by atoms with Crippen LogP contribution in [0.3, 0.4) is 0 Å². The monoisotopic (exact) mass is 232 g/mol. The van der Waals surface area contributed by atoms with Crippen molar-refractivity contribution >= 4 is 18.0 Å². The molecular formula is C9H16N2O5. The van der Waals surface area contributed by atoms with Crippen molar-refractivity contribution in [3.05, 3.63) is 0 Å². The fourth-order valence-electron chi connectivity index (χ4n) is 1.21. The van der Waals surface area contributed by atoms with Crippen LogP contribution < -0.4 is 0 Å². The number of carbonyl (C=O) groups is 3. The van der Waals surface area contributed by atoms with Crippen LogP contribution in [-0.4, -0.2) is 64.2 Å². The summed E-state index contributed by atoms with van der Waals surface area (Å²) < 4.78 is 0. The van der Waals surface area contributed by atoms with Gasteiger partial charge < -0.3 is 20.0 Å². The minimum atomic E-state index is -1.23. The van der Waals surface area contributed by atoms with E-state index in [1.54, 1.807) is 13.8 Å². The van der Waals surface area contributed by atoms with Crippen molar-refractivity contribution in [3.8, 4) is 0 Å². The maximum Gasteiger partial charge on any atom is 0.323 e. The van der Waals surface area contributed by atoms with Gasteiger partial charge in [-0.1, -0.05) is 0 Å². The number of carbonyl (C=O) groups excluding carboxylic acids is 1. The Hall–Kier alpha value is -1.79. The first-order valence-electron chi connectivity index (χ1n) is 4.89. The second-order valence-electron chi connectivity index (χ2n) is 3.10. The quantitative estimate of drug-likeness (QED) is 0.667. The van der Waals surface area contributed by atoms with Crippen LogP contribution in [0.2, 0.25) is 0 Å². The number of amides is 2. The Labute approximate surface area is 93.3 Å². The molecule has 0 saturated heterocycles. The second kappa shape index (κ2) is 6.65. The summed E-state index contributed by atoms with van der Waals surface area (Å²) in [6.07, 6.45) is 0. The van der Waals surface area contributed by atoms with Gasteiger partial charge in [0.05, 0.1) is 0 Å². The van der Waals surface area contributed by atoms with E-state index in [9.17, 15) is 14.4 Å². The number of rotatable bonds is 6. The van der Waals surface area contributed by atoms with Crippen molar-refractivity contribution < 1.29 is 24.6 Å². The van der Waals surface area contributed by atoms with Crippen molar-refractivity contribution in [2.24, 2.45) is 0 Å². The highest BCUT2D eigenvalue weighted by molar-refractivity contribution is 5.84. The number of carboxylic acid groups (broad SMARTS) is 2. The van der Waals surface area contributed by atoms with Gasteiger partial charge in [-0.3, -0.25) is 9.59 Å². The van der Waals surface area contributed by atoms with Crippen LogP contribution in [0, 0.1) is 0 Å². The van der Waals surface area contributed by atoms with Crippen LogP contribution in [0.25, 0.3) is 0 Å². The first kappa shape index (κ1) is 14.2. The molecule has 92 valence electrons. The lowest BCUT2D eigenvalue weighted by molar-refractivity contribution is -0.140. The van der Waals surface area contributed by atoms with Crippen LogP contribution in [0.1, 0.15) is 13.8 Å². The standard InChI is InChI=1S/C9H16N2O5/c1-3-10(4-2)9(16)11(5-7(12)13)6-8(14)15/h3-6H2,1-2H3,(H,12,13)(H,14,15). The predicted octanol–water partition coefficient (Wildman–Crippen LogP) is -0.0806. The van der Waals surface area contributed by atoms with Gasteiger partial charge in [0.1, 0.15) is 13.1 Å². The van der Waals surface area contributed by atoms with Crippen LogP contribution in [0.5, 0.6) is 0 Å².